The van der Waals surface area contributed by atoms with E-state index in [1.165, 1.54) is 18.0 Å². The Labute approximate surface area is 87.1 Å². The summed E-state index contributed by atoms with van der Waals surface area (Å²) in [6.07, 6.45) is 1.13. The van der Waals surface area contributed by atoms with Crippen molar-refractivity contribution >= 4 is 15.7 Å². The molecule has 1 aliphatic heterocycles. The summed E-state index contributed by atoms with van der Waals surface area (Å²) in [7, 11) is -1.57. The maximum atomic E-state index is 11.4. The summed E-state index contributed by atoms with van der Waals surface area (Å²) in [6, 6.07) is -0.329. The van der Waals surface area contributed by atoms with E-state index in [0.29, 0.717) is 0 Å². The van der Waals surface area contributed by atoms with E-state index >= 15 is 0 Å². The van der Waals surface area contributed by atoms with E-state index in [-0.39, 0.29) is 29.5 Å². The molecule has 15 heavy (non-hydrogen) atoms. The molecule has 84 valence electrons. The van der Waals surface area contributed by atoms with Gasteiger partial charge in [0.05, 0.1) is 29.8 Å². The van der Waals surface area contributed by atoms with Crippen LogP contribution in [-0.2, 0) is 14.6 Å². The Morgan fingerprint density at radius 3 is 2.87 bits per heavy atom. The number of hydrogen-bond donors (Lipinski definition) is 1. The second-order valence-corrected chi connectivity index (χ2v) is 5.70. The first-order chi connectivity index (χ1) is 7.02. The average molecular weight is 232 g/mol. The number of aromatic nitrogens is 3. The lowest BCUT2D eigenvalue weighted by Crippen LogP contribution is -2.24. The van der Waals surface area contributed by atoms with Crippen molar-refractivity contribution in [2.75, 3.05) is 24.3 Å². The van der Waals surface area contributed by atoms with Crippen LogP contribution in [0.25, 0.3) is 0 Å². The van der Waals surface area contributed by atoms with Crippen molar-refractivity contribution < 1.29 is 13.2 Å². The summed E-state index contributed by atoms with van der Waals surface area (Å²) in [5, 5.41) is 7.38. The minimum Gasteiger partial charge on any atom is -0.381 e. The number of nitrogen functional groups attached to an aromatic ring is 1. The highest BCUT2D eigenvalue weighted by atomic mass is 32.2. The number of rotatable bonds is 2. The topological polar surface area (TPSA) is 100 Å². The van der Waals surface area contributed by atoms with Gasteiger partial charge in [-0.25, -0.2) is 13.1 Å². The lowest BCUT2D eigenvalue weighted by atomic mass is 10.2. The standard InChI is InChI=1S/C7H12N4O3S/c1-14-6-4-15(12,13)3-5(6)11-2-7(8)9-10-11/h2,5-6H,3-4,8H2,1H3. The van der Waals surface area contributed by atoms with Crippen LogP contribution in [0, 0.1) is 0 Å². The van der Waals surface area contributed by atoms with Gasteiger partial charge in [0, 0.05) is 7.11 Å². The van der Waals surface area contributed by atoms with Crippen molar-refractivity contribution in [1.82, 2.24) is 15.0 Å². The zero-order chi connectivity index (χ0) is 11.1. The molecule has 0 aliphatic carbocycles. The molecule has 0 aromatic carbocycles. The smallest absolute Gasteiger partial charge is 0.165 e. The molecule has 1 aliphatic rings. The Bertz CT molecular complexity index is 455. The minimum atomic E-state index is -3.05. The molecular weight excluding hydrogens is 220 g/mol. The second kappa shape index (κ2) is 3.46. The largest absolute Gasteiger partial charge is 0.381 e. The van der Waals surface area contributed by atoms with E-state index in [0.717, 1.165) is 0 Å². The lowest BCUT2D eigenvalue weighted by Gasteiger charge is -2.15. The molecule has 7 nitrogen and oxygen atoms in total. The first kappa shape index (κ1) is 10.4. The molecule has 2 rings (SSSR count). The summed E-state index contributed by atoms with van der Waals surface area (Å²) in [6.45, 7) is 0. The third-order valence-electron chi connectivity index (χ3n) is 2.44. The third-order valence-corrected chi connectivity index (χ3v) is 4.13. The maximum Gasteiger partial charge on any atom is 0.165 e. The van der Waals surface area contributed by atoms with Gasteiger partial charge in [0.1, 0.15) is 0 Å². The zero-order valence-electron chi connectivity index (χ0n) is 8.20. The van der Waals surface area contributed by atoms with Crippen LogP contribution in [-0.4, -0.2) is 48.1 Å². The van der Waals surface area contributed by atoms with Crippen LogP contribution >= 0.6 is 0 Å². The van der Waals surface area contributed by atoms with Crippen LogP contribution in [0.3, 0.4) is 0 Å². The van der Waals surface area contributed by atoms with Crippen LogP contribution in [0.4, 0.5) is 5.82 Å². The van der Waals surface area contributed by atoms with E-state index in [1.54, 1.807) is 0 Å². The SMILES string of the molecule is COC1CS(=O)(=O)CC1n1cc(N)nn1. The van der Waals surface area contributed by atoms with Gasteiger partial charge in [-0.1, -0.05) is 5.21 Å². The number of methoxy groups -OCH3 is 1. The minimum absolute atomic E-state index is 0.0218. The molecule has 2 N–H and O–H groups in total. The number of anilines is 1. The zero-order valence-corrected chi connectivity index (χ0v) is 9.01. The van der Waals surface area contributed by atoms with E-state index < -0.39 is 9.84 Å². The van der Waals surface area contributed by atoms with Crippen molar-refractivity contribution in [3.05, 3.63) is 6.20 Å². The highest BCUT2D eigenvalue weighted by molar-refractivity contribution is 7.91. The number of sulfone groups is 1. The van der Waals surface area contributed by atoms with E-state index in [4.69, 9.17) is 10.5 Å². The number of hydrogen-bond acceptors (Lipinski definition) is 6. The fourth-order valence-electron chi connectivity index (χ4n) is 1.72. The fourth-order valence-corrected chi connectivity index (χ4v) is 3.60. The summed E-state index contributed by atoms with van der Waals surface area (Å²) in [4.78, 5) is 0. The van der Waals surface area contributed by atoms with Gasteiger partial charge in [-0.3, -0.25) is 0 Å². The van der Waals surface area contributed by atoms with Crippen molar-refractivity contribution in [2.24, 2.45) is 0 Å². The van der Waals surface area contributed by atoms with Crippen LogP contribution in [0.1, 0.15) is 6.04 Å². The molecule has 1 saturated heterocycles. The van der Waals surface area contributed by atoms with Crippen LogP contribution in [0.5, 0.6) is 0 Å². The van der Waals surface area contributed by atoms with E-state index in [1.807, 2.05) is 0 Å². The quantitative estimate of drug-likeness (QED) is 0.690. The average Bonchev–Trinajstić information content (AvgIpc) is 2.69. The number of ether oxygens (including phenoxy) is 1. The van der Waals surface area contributed by atoms with Gasteiger partial charge in [-0.15, -0.1) is 5.10 Å². The van der Waals surface area contributed by atoms with Crippen molar-refractivity contribution in [3.63, 3.8) is 0 Å². The predicted octanol–water partition coefficient (Wildman–Crippen LogP) is -1.16. The third kappa shape index (κ3) is 1.95. The Hall–Kier alpha value is -1.15. The first-order valence-corrected chi connectivity index (χ1v) is 6.24. The molecule has 8 heteroatoms. The van der Waals surface area contributed by atoms with Crippen LogP contribution in [0.2, 0.25) is 0 Å². The molecular formula is C7H12N4O3S. The normalized spacial score (nSPS) is 29.4. The Kier molecular flexibility index (Phi) is 2.39. The van der Waals surface area contributed by atoms with Gasteiger partial charge in [-0.2, -0.15) is 0 Å². The molecule has 1 fully saturated rings. The van der Waals surface area contributed by atoms with E-state index in [9.17, 15) is 8.42 Å². The lowest BCUT2D eigenvalue weighted by molar-refractivity contribution is 0.0838. The molecule has 1 aromatic heterocycles. The summed E-state index contributed by atoms with van der Waals surface area (Å²) >= 11 is 0. The maximum absolute atomic E-state index is 11.4. The summed E-state index contributed by atoms with van der Waals surface area (Å²) in [5.41, 5.74) is 5.42. The van der Waals surface area contributed by atoms with Crippen molar-refractivity contribution in [2.45, 2.75) is 12.1 Å². The van der Waals surface area contributed by atoms with Crippen LogP contribution < -0.4 is 5.73 Å². The fraction of sp³-hybridized carbons (Fsp3) is 0.714. The van der Waals surface area contributed by atoms with Gasteiger partial charge in [0.15, 0.2) is 15.7 Å². The molecule has 0 radical (unpaired) electrons. The van der Waals surface area contributed by atoms with Crippen LogP contribution in [0.15, 0.2) is 6.20 Å². The monoisotopic (exact) mass is 232 g/mol. The molecule has 0 bridgehead atoms. The Morgan fingerprint density at radius 2 is 2.33 bits per heavy atom. The molecule has 0 spiro atoms. The summed E-state index contributed by atoms with van der Waals surface area (Å²) < 4.78 is 29.4. The summed E-state index contributed by atoms with van der Waals surface area (Å²) in [5.74, 6) is 0.316. The van der Waals surface area contributed by atoms with Gasteiger partial charge in [0.2, 0.25) is 0 Å². The Balaban J connectivity index is 2.29. The molecule has 1 aromatic rings. The molecule has 2 atom stereocenters. The van der Waals surface area contributed by atoms with Gasteiger partial charge < -0.3 is 10.5 Å². The van der Waals surface area contributed by atoms with Gasteiger partial charge in [0.25, 0.3) is 0 Å². The second-order valence-electron chi connectivity index (χ2n) is 3.54. The first-order valence-electron chi connectivity index (χ1n) is 4.42. The highest BCUT2D eigenvalue weighted by Gasteiger charge is 2.39. The van der Waals surface area contributed by atoms with E-state index in [2.05, 4.69) is 10.3 Å². The van der Waals surface area contributed by atoms with Gasteiger partial charge in [-0.05, 0) is 0 Å². The molecule has 2 unspecified atom stereocenters. The Morgan fingerprint density at radius 1 is 1.60 bits per heavy atom. The number of nitrogens with two attached hydrogens (primary N) is 1. The predicted molar refractivity (Wildman–Crippen MR) is 52.9 cm³/mol. The van der Waals surface area contributed by atoms with Crippen molar-refractivity contribution in [1.29, 1.82) is 0 Å². The highest BCUT2D eigenvalue weighted by Crippen LogP contribution is 2.25. The number of nitrogens with zero attached hydrogens (tertiary/aromatic N) is 3. The molecule has 0 saturated carbocycles. The van der Waals surface area contributed by atoms with Crippen molar-refractivity contribution in [3.8, 4) is 0 Å². The van der Waals surface area contributed by atoms with Gasteiger partial charge >= 0.3 is 0 Å². The molecule has 0 amide bonds. The molecule has 2 heterocycles.